The van der Waals surface area contributed by atoms with Crippen LogP contribution >= 0.6 is 0 Å². The topological polar surface area (TPSA) is 97.4 Å². The Balaban J connectivity index is 1.78. The molecule has 11 heteroatoms. The van der Waals surface area contributed by atoms with Crippen molar-refractivity contribution in [3.8, 4) is 5.88 Å². The lowest BCUT2D eigenvalue weighted by Gasteiger charge is -2.12. The van der Waals surface area contributed by atoms with Crippen molar-refractivity contribution in [3.63, 3.8) is 0 Å². The van der Waals surface area contributed by atoms with Crippen LogP contribution in [0.2, 0.25) is 0 Å². The van der Waals surface area contributed by atoms with Gasteiger partial charge in [-0.2, -0.15) is 13.2 Å². The molecule has 0 saturated carbocycles. The molecule has 0 radical (unpaired) electrons. The van der Waals surface area contributed by atoms with Crippen LogP contribution in [0.5, 0.6) is 5.88 Å². The summed E-state index contributed by atoms with van der Waals surface area (Å²) in [6.45, 7) is -1.75. The first-order chi connectivity index (χ1) is 14.1. The maximum atomic E-state index is 12.3. The minimum absolute atomic E-state index is 0.111. The quantitative estimate of drug-likeness (QED) is 0.588. The summed E-state index contributed by atoms with van der Waals surface area (Å²) in [6.07, 6.45) is -1.97. The zero-order valence-corrected chi connectivity index (χ0v) is 16.5. The standard InChI is InChI=1S/C19H20F3N3O4S/c20-19(21,22)14-29-18-16(7-4-10-23-18)13-24-17(26)8-11-25-30(27,28)12-9-15-5-2-1-3-6-15/h1-7,9-10,12,25H,8,11,13-14H2,(H,24,26)/b12-9+. The van der Waals surface area contributed by atoms with Gasteiger partial charge in [0, 0.05) is 36.7 Å². The maximum Gasteiger partial charge on any atom is 0.422 e. The Bertz CT molecular complexity index is 964. The van der Waals surface area contributed by atoms with E-state index in [9.17, 15) is 26.4 Å². The highest BCUT2D eigenvalue weighted by Gasteiger charge is 2.29. The Hall–Kier alpha value is -2.92. The monoisotopic (exact) mass is 443 g/mol. The Labute approximate surface area is 172 Å². The summed E-state index contributed by atoms with van der Waals surface area (Å²) in [4.78, 5) is 15.6. The number of ether oxygens (including phenoxy) is 1. The predicted molar refractivity (Wildman–Crippen MR) is 105 cm³/mol. The Morgan fingerprint density at radius 1 is 1.13 bits per heavy atom. The smallest absolute Gasteiger partial charge is 0.422 e. The first-order valence-electron chi connectivity index (χ1n) is 8.77. The lowest BCUT2D eigenvalue weighted by Crippen LogP contribution is -2.30. The third-order valence-corrected chi connectivity index (χ3v) is 4.69. The van der Waals surface area contributed by atoms with Gasteiger partial charge in [0.1, 0.15) is 0 Å². The molecule has 162 valence electrons. The summed E-state index contributed by atoms with van der Waals surface area (Å²) < 4.78 is 67.6. The van der Waals surface area contributed by atoms with Gasteiger partial charge in [0.25, 0.3) is 0 Å². The van der Waals surface area contributed by atoms with E-state index in [1.165, 1.54) is 24.4 Å². The van der Waals surface area contributed by atoms with Gasteiger partial charge in [0.05, 0.1) is 0 Å². The molecule has 0 fully saturated rings. The molecule has 1 aromatic heterocycles. The van der Waals surface area contributed by atoms with Gasteiger partial charge < -0.3 is 10.1 Å². The van der Waals surface area contributed by atoms with Crippen LogP contribution in [0.15, 0.2) is 54.1 Å². The third-order valence-electron chi connectivity index (χ3n) is 3.59. The number of sulfonamides is 1. The van der Waals surface area contributed by atoms with Crippen molar-refractivity contribution in [2.75, 3.05) is 13.2 Å². The highest BCUT2D eigenvalue weighted by molar-refractivity contribution is 7.92. The van der Waals surface area contributed by atoms with Gasteiger partial charge in [-0.3, -0.25) is 4.79 Å². The molecule has 0 aliphatic carbocycles. The van der Waals surface area contributed by atoms with Crippen LogP contribution in [0.3, 0.4) is 0 Å². The third kappa shape index (κ3) is 9.05. The molecule has 0 aliphatic heterocycles. The molecular weight excluding hydrogens is 423 g/mol. The van der Waals surface area contributed by atoms with E-state index in [4.69, 9.17) is 0 Å². The van der Waals surface area contributed by atoms with E-state index in [0.717, 1.165) is 5.41 Å². The van der Waals surface area contributed by atoms with E-state index >= 15 is 0 Å². The second kappa shape index (κ2) is 10.7. The second-order valence-corrected chi connectivity index (χ2v) is 7.70. The SMILES string of the molecule is O=C(CCNS(=O)(=O)/C=C/c1ccccc1)NCc1cccnc1OCC(F)(F)F. The van der Waals surface area contributed by atoms with Crippen LogP contribution in [0.4, 0.5) is 13.2 Å². The van der Waals surface area contributed by atoms with Crippen LogP contribution in [-0.2, 0) is 21.4 Å². The molecular formula is C19H20F3N3O4S. The number of alkyl halides is 3. The Kier molecular flexibility index (Phi) is 8.36. The van der Waals surface area contributed by atoms with Crippen molar-refractivity contribution in [1.82, 2.24) is 15.0 Å². The fraction of sp³-hybridized carbons (Fsp3) is 0.263. The second-order valence-electron chi connectivity index (χ2n) is 6.05. The van der Waals surface area contributed by atoms with E-state index in [1.54, 1.807) is 30.3 Å². The molecule has 7 nitrogen and oxygen atoms in total. The van der Waals surface area contributed by atoms with E-state index in [1.807, 2.05) is 0 Å². The van der Waals surface area contributed by atoms with Crippen molar-refractivity contribution >= 4 is 22.0 Å². The zero-order valence-electron chi connectivity index (χ0n) is 15.7. The molecule has 2 rings (SSSR count). The maximum absolute atomic E-state index is 12.3. The molecule has 0 saturated heterocycles. The van der Waals surface area contributed by atoms with Crippen molar-refractivity contribution in [2.24, 2.45) is 0 Å². The van der Waals surface area contributed by atoms with E-state index < -0.39 is 28.7 Å². The Morgan fingerprint density at radius 3 is 2.57 bits per heavy atom. The molecule has 0 atom stereocenters. The molecule has 0 unspecified atom stereocenters. The summed E-state index contributed by atoms with van der Waals surface area (Å²) in [5.41, 5.74) is 0.974. The number of aromatic nitrogens is 1. The van der Waals surface area contributed by atoms with Gasteiger partial charge in [-0.15, -0.1) is 0 Å². The van der Waals surface area contributed by atoms with Crippen molar-refractivity contribution in [3.05, 3.63) is 65.2 Å². The van der Waals surface area contributed by atoms with Gasteiger partial charge in [-0.05, 0) is 17.7 Å². The highest BCUT2D eigenvalue weighted by atomic mass is 32.2. The molecule has 0 aliphatic rings. The molecule has 2 aromatic rings. The molecule has 1 heterocycles. The summed E-state index contributed by atoms with van der Waals surface area (Å²) in [5.74, 6) is -0.725. The van der Waals surface area contributed by atoms with Gasteiger partial charge in [-0.25, -0.2) is 18.1 Å². The lowest BCUT2D eigenvalue weighted by atomic mass is 10.2. The summed E-state index contributed by atoms with van der Waals surface area (Å²) in [6, 6.07) is 11.8. The van der Waals surface area contributed by atoms with Crippen LogP contribution in [0.25, 0.3) is 6.08 Å². The largest absolute Gasteiger partial charge is 0.468 e. The van der Waals surface area contributed by atoms with Gasteiger partial charge in [0.15, 0.2) is 6.61 Å². The van der Waals surface area contributed by atoms with Crippen LogP contribution in [0.1, 0.15) is 17.5 Å². The number of carbonyl (C=O) groups excluding carboxylic acids is 1. The van der Waals surface area contributed by atoms with Gasteiger partial charge in [-0.1, -0.05) is 36.4 Å². The molecule has 0 bridgehead atoms. The zero-order chi connectivity index (χ0) is 22.0. The average molecular weight is 443 g/mol. The fourth-order valence-corrected chi connectivity index (χ4v) is 3.03. The summed E-state index contributed by atoms with van der Waals surface area (Å²) in [7, 11) is -3.72. The first kappa shape index (κ1) is 23.4. The van der Waals surface area contributed by atoms with Crippen LogP contribution < -0.4 is 14.8 Å². The number of nitrogens with zero attached hydrogens (tertiary/aromatic N) is 1. The molecule has 1 amide bonds. The summed E-state index contributed by atoms with van der Waals surface area (Å²) in [5, 5.41) is 3.49. The van der Waals surface area contributed by atoms with Crippen molar-refractivity contribution < 1.29 is 31.1 Å². The van der Waals surface area contributed by atoms with E-state index in [0.29, 0.717) is 5.56 Å². The van der Waals surface area contributed by atoms with Gasteiger partial charge in [0.2, 0.25) is 21.8 Å². The summed E-state index contributed by atoms with van der Waals surface area (Å²) >= 11 is 0. The minimum Gasteiger partial charge on any atom is -0.468 e. The molecule has 0 spiro atoms. The van der Waals surface area contributed by atoms with Crippen molar-refractivity contribution in [2.45, 2.75) is 19.1 Å². The predicted octanol–water partition coefficient (Wildman–Crippen LogP) is 2.62. The van der Waals surface area contributed by atoms with Crippen LogP contribution in [-0.4, -0.2) is 38.6 Å². The van der Waals surface area contributed by atoms with E-state index in [2.05, 4.69) is 19.8 Å². The molecule has 30 heavy (non-hydrogen) atoms. The number of pyridine rings is 1. The number of carbonyl (C=O) groups is 1. The normalized spacial score (nSPS) is 12.1. The minimum atomic E-state index is -4.51. The van der Waals surface area contributed by atoms with E-state index in [-0.39, 0.29) is 31.0 Å². The Morgan fingerprint density at radius 2 is 1.87 bits per heavy atom. The van der Waals surface area contributed by atoms with Crippen LogP contribution in [0, 0.1) is 0 Å². The number of amides is 1. The van der Waals surface area contributed by atoms with Gasteiger partial charge >= 0.3 is 6.18 Å². The molecule has 2 N–H and O–H groups in total. The van der Waals surface area contributed by atoms with Crippen molar-refractivity contribution in [1.29, 1.82) is 0 Å². The number of halogens is 3. The number of nitrogens with one attached hydrogen (secondary N) is 2. The average Bonchev–Trinajstić information content (AvgIpc) is 2.70. The number of hydrogen-bond donors (Lipinski definition) is 2. The molecule has 1 aromatic carbocycles. The lowest BCUT2D eigenvalue weighted by molar-refractivity contribution is -0.154. The number of hydrogen-bond acceptors (Lipinski definition) is 5. The number of rotatable bonds is 10. The fourth-order valence-electron chi connectivity index (χ4n) is 2.21. The number of benzene rings is 1. The first-order valence-corrected chi connectivity index (χ1v) is 10.3. The highest BCUT2D eigenvalue weighted by Crippen LogP contribution is 2.19.